The van der Waals surface area contributed by atoms with E-state index in [1.165, 1.54) is 0 Å². The highest BCUT2D eigenvalue weighted by molar-refractivity contribution is 5.77. The zero-order valence-electron chi connectivity index (χ0n) is 13.3. The Kier molecular flexibility index (Phi) is 6.73. The molecule has 0 aliphatic carbocycles. The number of likely N-dealkylation sites (N-methyl/N-ethyl adjacent to an activating group) is 1. The van der Waals surface area contributed by atoms with Gasteiger partial charge in [0.05, 0.1) is 6.61 Å². The summed E-state index contributed by atoms with van der Waals surface area (Å²) in [7, 11) is 2.00. The Balaban J connectivity index is 2.96. The summed E-state index contributed by atoms with van der Waals surface area (Å²) >= 11 is 0. The fraction of sp³-hybridized carbons (Fsp3) is 0.588. The third-order valence-corrected chi connectivity index (χ3v) is 3.54. The summed E-state index contributed by atoms with van der Waals surface area (Å²) in [6.45, 7) is 8.82. The number of ether oxygens (including phenoxy) is 1. The van der Waals surface area contributed by atoms with Crippen molar-refractivity contribution in [2.75, 3.05) is 13.7 Å². The quantitative estimate of drug-likeness (QED) is 0.712. The average molecular weight is 277 g/mol. The number of hydrogen-bond acceptors (Lipinski definition) is 3. The second kappa shape index (κ2) is 8.05. The van der Waals surface area contributed by atoms with Crippen molar-refractivity contribution >= 4 is 5.97 Å². The standard InChI is InChI=1S/C17H27NO2/c1-6-20-17(19)16(15-10-8-7-9-11-15)18(5)14(4)12-13(2)3/h7-11,13-14,16H,6,12H2,1-5H3. The normalized spacial score (nSPS) is 14.3. The van der Waals surface area contributed by atoms with Crippen molar-refractivity contribution in [1.29, 1.82) is 0 Å². The van der Waals surface area contributed by atoms with E-state index in [9.17, 15) is 4.79 Å². The molecule has 0 aromatic heterocycles. The number of hydrogen-bond donors (Lipinski definition) is 0. The van der Waals surface area contributed by atoms with Crippen molar-refractivity contribution in [1.82, 2.24) is 4.90 Å². The molecule has 0 aliphatic rings. The second-order valence-corrected chi connectivity index (χ2v) is 5.71. The third kappa shape index (κ3) is 4.64. The summed E-state index contributed by atoms with van der Waals surface area (Å²) in [5, 5.41) is 0. The van der Waals surface area contributed by atoms with Crippen LogP contribution in [0, 0.1) is 5.92 Å². The number of benzene rings is 1. The van der Waals surface area contributed by atoms with Crippen molar-refractivity contribution in [3.05, 3.63) is 35.9 Å². The molecule has 0 bridgehead atoms. The fourth-order valence-electron chi connectivity index (χ4n) is 2.50. The van der Waals surface area contributed by atoms with Gasteiger partial charge in [0.25, 0.3) is 0 Å². The zero-order chi connectivity index (χ0) is 15.1. The first-order valence-corrected chi connectivity index (χ1v) is 7.40. The first-order chi connectivity index (χ1) is 9.47. The van der Waals surface area contributed by atoms with Crippen LogP contribution in [-0.4, -0.2) is 30.6 Å². The van der Waals surface area contributed by atoms with Gasteiger partial charge in [-0.1, -0.05) is 44.2 Å². The lowest BCUT2D eigenvalue weighted by atomic mass is 9.99. The van der Waals surface area contributed by atoms with Crippen LogP contribution in [0.3, 0.4) is 0 Å². The predicted octanol–water partition coefficient (Wildman–Crippen LogP) is 3.66. The molecule has 0 N–H and O–H groups in total. The van der Waals surface area contributed by atoms with Gasteiger partial charge in [0, 0.05) is 6.04 Å². The molecular weight excluding hydrogens is 250 g/mol. The molecule has 1 aromatic carbocycles. The molecule has 0 radical (unpaired) electrons. The van der Waals surface area contributed by atoms with E-state index in [0.29, 0.717) is 18.6 Å². The van der Waals surface area contributed by atoms with Gasteiger partial charge in [0.15, 0.2) is 0 Å². The van der Waals surface area contributed by atoms with Gasteiger partial charge in [-0.25, -0.2) is 4.79 Å². The third-order valence-electron chi connectivity index (χ3n) is 3.54. The second-order valence-electron chi connectivity index (χ2n) is 5.71. The highest BCUT2D eigenvalue weighted by Crippen LogP contribution is 2.25. The van der Waals surface area contributed by atoms with E-state index in [-0.39, 0.29) is 12.0 Å². The Morgan fingerprint density at radius 2 is 1.80 bits per heavy atom. The van der Waals surface area contributed by atoms with Gasteiger partial charge < -0.3 is 4.74 Å². The molecule has 1 rings (SSSR count). The lowest BCUT2D eigenvalue weighted by Gasteiger charge is -2.32. The minimum absolute atomic E-state index is 0.170. The summed E-state index contributed by atoms with van der Waals surface area (Å²) in [6.07, 6.45) is 1.05. The minimum Gasteiger partial charge on any atom is -0.465 e. The Bertz CT molecular complexity index is 403. The van der Waals surface area contributed by atoms with Crippen LogP contribution in [0.25, 0.3) is 0 Å². The minimum atomic E-state index is -0.329. The Labute approximate surface area is 122 Å². The first-order valence-electron chi connectivity index (χ1n) is 7.40. The first kappa shape index (κ1) is 16.7. The highest BCUT2D eigenvalue weighted by atomic mass is 16.5. The van der Waals surface area contributed by atoms with Crippen LogP contribution in [0.15, 0.2) is 30.3 Å². The van der Waals surface area contributed by atoms with Crippen molar-refractivity contribution in [3.8, 4) is 0 Å². The van der Waals surface area contributed by atoms with Crippen molar-refractivity contribution in [2.45, 2.75) is 46.2 Å². The Morgan fingerprint density at radius 1 is 1.20 bits per heavy atom. The maximum Gasteiger partial charge on any atom is 0.327 e. The van der Waals surface area contributed by atoms with Crippen molar-refractivity contribution < 1.29 is 9.53 Å². The summed E-state index contributed by atoms with van der Waals surface area (Å²) in [4.78, 5) is 14.4. The van der Waals surface area contributed by atoms with Crippen LogP contribution in [-0.2, 0) is 9.53 Å². The molecule has 3 heteroatoms. The average Bonchev–Trinajstić information content (AvgIpc) is 2.39. The topological polar surface area (TPSA) is 29.5 Å². The molecule has 0 saturated heterocycles. The summed E-state index contributed by atoms with van der Waals surface area (Å²) in [5.41, 5.74) is 0.990. The lowest BCUT2D eigenvalue weighted by Crippen LogP contribution is -2.39. The smallest absolute Gasteiger partial charge is 0.327 e. The molecule has 3 nitrogen and oxygen atoms in total. The van der Waals surface area contributed by atoms with Gasteiger partial charge in [-0.2, -0.15) is 0 Å². The number of carbonyl (C=O) groups excluding carboxylic acids is 1. The lowest BCUT2D eigenvalue weighted by molar-refractivity contribution is -0.150. The Morgan fingerprint density at radius 3 is 2.30 bits per heavy atom. The van der Waals surface area contributed by atoms with Gasteiger partial charge in [-0.15, -0.1) is 0 Å². The fourth-order valence-corrected chi connectivity index (χ4v) is 2.50. The molecule has 1 aromatic rings. The summed E-state index contributed by atoms with van der Waals surface area (Å²) < 4.78 is 5.25. The molecule has 2 unspecified atom stereocenters. The van der Waals surface area contributed by atoms with E-state index in [0.717, 1.165) is 12.0 Å². The Hall–Kier alpha value is -1.35. The molecule has 0 spiro atoms. The van der Waals surface area contributed by atoms with Gasteiger partial charge >= 0.3 is 5.97 Å². The van der Waals surface area contributed by atoms with E-state index >= 15 is 0 Å². The molecule has 0 saturated carbocycles. The SMILES string of the molecule is CCOC(=O)C(c1ccccc1)N(C)C(C)CC(C)C. The number of carbonyl (C=O) groups is 1. The van der Waals surface area contributed by atoms with E-state index in [1.807, 2.05) is 44.3 Å². The number of esters is 1. The maximum absolute atomic E-state index is 12.3. The molecule has 2 atom stereocenters. The van der Waals surface area contributed by atoms with E-state index < -0.39 is 0 Å². The van der Waals surface area contributed by atoms with Gasteiger partial charge in [-0.05, 0) is 38.8 Å². The van der Waals surface area contributed by atoms with Crippen LogP contribution in [0.5, 0.6) is 0 Å². The molecule has 0 amide bonds. The van der Waals surface area contributed by atoms with Crippen LogP contribution < -0.4 is 0 Å². The predicted molar refractivity (Wildman–Crippen MR) is 82.5 cm³/mol. The van der Waals surface area contributed by atoms with Crippen molar-refractivity contribution in [2.24, 2.45) is 5.92 Å². The monoisotopic (exact) mass is 277 g/mol. The van der Waals surface area contributed by atoms with Crippen LogP contribution >= 0.6 is 0 Å². The van der Waals surface area contributed by atoms with Crippen LogP contribution in [0.1, 0.15) is 45.7 Å². The molecule has 112 valence electrons. The largest absolute Gasteiger partial charge is 0.465 e. The highest BCUT2D eigenvalue weighted by Gasteiger charge is 2.29. The van der Waals surface area contributed by atoms with E-state index in [2.05, 4.69) is 25.7 Å². The van der Waals surface area contributed by atoms with Crippen LogP contribution in [0.2, 0.25) is 0 Å². The van der Waals surface area contributed by atoms with Gasteiger partial charge in [0.1, 0.15) is 6.04 Å². The molecular formula is C17H27NO2. The van der Waals surface area contributed by atoms with Crippen molar-refractivity contribution in [3.63, 3.8) is 0 Å². The maximum atomic E-state index is 12.3. The molecule has 20 heavy (non-hydrogen) atoms. The van der Waals surface area contributed by atoms with Gasteiger partial charge in [-0.3, -0.25) is 4.90 Å². The number of nitrogens with zero attached hydrogens (tertiary/aromatic N) is 1. The zero-order valence-corrected chi connectivity index (χ0v) is 13.3. The molecule has 0 fully saturated rings. The number of rotatable bonds is 7. The van der Waals surface area contributed by atoms with E-state index in [4.69, 9.17) is 4.74 Å². The molecule has 0 aliphatic heterocycles. The summed E-state index contributed by atoms with van der Waals surface area (Å²) in [5.74, 6) is 0.433. The van der Waals surface area contributed by atoms with E-state index in [1.54, 1.807) is 0 Å². The van der Waals surface area contributed by atoms with Gasteiger partial charge in [0.2, 0.25) is 0 Å². The summed E-state index contributed by atoms with van der Waals surface area (Å²) in [6, 6.07) is 9.85. The molecule has 0 heterocycles. The van der Waals surface area contributed by atoms with Crippen LogP contribution in [0.4, 0.5) is 0 Å².